The molecule has 0 aliphatic carbocycles. The minimum absolute atomic E-state index is 0.624. The third-order valence-electron chi connectivity index (χ3n) is 2.54. The Kier molecular flexibility index (Phi) is 3.02. The summed E-state index contributed by atoms with van der Waals surface area (Å²) in [5, 5.41) is 3.71. The third-order valence-corrected chi connectivity index (χ3v) is 2.54. The summed E-state index contributed by atoms with van der Waals surface area (Å²) in [6.45, 7) is 0.772. The van der Waals surface area contributed by atoms with Crippen molar-refractivity contribution in [1.82, 2.24) is 9.78 Å². The minimum atomic E-state index is -4.26. The molecule has 2 N–H and O–H groups in total. The molecule has 18 heavy (non-hydrogen) atoms. The monoisotopic (exact) mass is 255 g/mol. The lowest BCUT2D eigenvalue weighted by Crippen LogP contribution is -2.17. The summed E-state index contributed by atoms with van der Waals surface area (Å²) in [5.41, 5.74) is 8.63. The largest absolute Gasteiger partial charge is 0.408 e. The Bertz CT molecular complexity index is 558. The van der Waals surface area contributed by atoms with E-state index >= 15 is 0 Å². The number of benzene rings is 1. The van der Waals surface area contributed by atoms with E-state index in [1.54, 1.807) is 18.2 Å². The van der Waals surface area contributed by atoms with Gasteiger partial charge in [-0.05, 0) is 30.2 Å². The Labute approximate surface area is 102 Å². The van der Waals surface area contributed by atoms with Crippen molar-refractivity contribution in [3.05, 3.63) is 36.2 Å². The van der Waals surface area contributed by atoms with Crippen molar-refractivity contribution < 1.29 is 13.2 Å². The van der Waals surface area contributed by atoms with Crippen LogP contribution >= 0.6 is 0 Å². The fourth-order valence-corrected chi connectivity index (χ4v) is 1.78. The number of aryl methyl sites for hydroxylation is 1. The lowest BCUT2D eigenvalue weighted by Gasteiger charge is -2.06. The van der Waals surface area contributed by atoms with E-state index in [4.69, 9.17) is 5.73 Å². The second-order valence-corrected chi connectivity index (χ2v) is 4.12. The van der Waals surface area contributed by atoms with Gasteiger partial charge in [-0.25, -0.2) is 0 Å². The Hall–Kier alpha value is -1.98. The van der Waals surface area contributed by atoms with Gasteiger partial charge in [0.25, 0.3) is 0 Å². The van der Waals surface area contributed by atoms with E-state index in [1.165, 1.54) is 12.4 Å². The van der Waals surface area contributed by atoms with Crippen LogP contribution in [0, 0.1) is 6.92 Å². The van der Waals surface area contributed by atoms with Crippen LogP contribution in [0.5, 0.6) is 0 Å². The van der Waals surface area contributed by atoms with Gasteiger partial charge in [-0.15, -0.1) is 0 Å². The van der Waals surface area contributed by atoms with Crippen molar-refractivity contribution in [3.8, 4) is 11.1 Å². The highest BCUT2D eigenvalue weighted by molar-refractivity contribution is 5.68. The van der Waals surface area contributed by atoms with Crippen LogP contribution < -0.4 is 5.73 Å². The average molecular weight is 255 g/mol. The highest BCUT2D eigenvalue weighted by Crippen LogP contribution is 2.25. The fourth-order valence-electron chi connectivity index (χ4n) is 1.78. The standard InChI is InChI=1S/C12H12F3N3/c1-8-4-10(16)2-3-11(8)9-5-17-18(6-9)7-12(13,14)15/h2-6H,7,16H2,1H3. The molecule has 1 heterocycles. The predicted molar refractivity (Wildman–Crippen MR) is 62.9 cm³/mol. The van der Waals surface area contributed by atoms with Crippen LogP contribution in [0.3, 0.4) is 0 Å². The van der Waals surface area contributed by atoms with Gasteiger partial charge in [0.1, 0.15) is 6.54 Å². The first-order valence-corrected chi connectivity index (χ1v) is 5.31. The highest BCUT2D eigenvalue weighted by atomic mass is 19.4. The molecule has 3 nitrogen and oxygen atoms in total. The first kappa shape index (κ1) is 12.5. The van der Waals surface area contributed by atoms with Gasteiger partial charge in [0.05, 0.1) is 6.20 Å². The molecule has 2 rings (SSSR count). The number of nitrogens with zero attached hydrogens (tertiary/aromatic N) is 2. The molecule has 96 valence electrons. The SMILES string of the molecule is Cc1cc(N)ccc1-c1cnn(CC(F)(F)F)c1. The van der Waals surface area contributed by atoms with E-state index in [9.17, 15) is 13.2 Å². The zero-order chi connectivity index (χ0) is 13.3. The number of halogens is 3. The van der Waals surface area contributed by atoms with Gasteiger partial charge in [-0.3, -0.25) is 4.68 Å². The van der Waals surface area contributed by atoms with Gasteiger partial charge < -0.3 is 5.73 Å². The van der Waals surface area contributed by atoms with Gasteiger partial charge in [-0.1, -0.05) is 6.07 Å². The molecule has 0 aliphatic heterocycles. The smallest absolute Gasteiger partial charge is 0.399 e. The highest BCUT2D eigenvalue weighted by Gasteiger charge is 2.28. The number of hydrogen-bond acceptors (Lipinski definition) is 2. The van der Waals surface area contributed by atoms with Crippen molar-refractivity contribution in [2.24, 2.45) is 0 Å². The summed E-state index contributed by atoms with van der Waals surface area (Å²) in [7, 11) is 0. The Morgan fingerprint density at radius 1 is 1.33 bits per heavy atom. The molecule has 0 atom stereocenters. The molecule has 0 radical (unpaired) electrons. The van der Waals surface area contributed by atoms with Crippen molar-refractivity contribution in [3.63, 3.8) is 0 Å². The van der Waals surface area contributed by atoms with Crippen LogP contribution in [0.4, 0.5) is 18.9 Å². The average Bonchev–Trinajstić information content (AvgIpc) is 2.63. The van der Waals surface area contributed by atoms with Crippen molar-refractivity contribution in [2.75, 3.05) is 5.73 Å². The third kappa shape index (κ3) is 2.82. The maximum Gasteiger partial charge on any atom is 0.408 e. The van der Waals surface area contributed by atoms with E-state index in [2.05, 4.69) is 5.10 Å². The molecule has 1 aromatic carbocycles. The number of aromatic nitrogens is 2. The Morgan fingerprint density at radius 3 is 2.67 bits per heavy atom. The molecule has 6 heteroatoms. The molecular weight excluding hydrogens is 243 g/mol. The zero-order valence-electron chi connectivity index (χ0n) is 9.70. The summed E-state index contributed by atoms with van der Waals surface area (Å²) >= 11 is 0. The number of anilines is 1. The molecule has 0 saturated carbocycles. The summed E-state index contributed by atoms with van der Waals surface area (Å²) in [6, 6.07) is 5.26. The number of alkyl halides is 3. The Morgan fingerprint density at radius 2 is 2.06 bits per heavy atom. The molecule has 0 saturated heterocycles. The summed E-state index contributed by atoms with van der Waals surface area (Å²) < 4.78 is 37.5. The van der Waals surface area contributed by atoms with Gasteiger partial charge in [0.15, 0.2) is 0 Å². The minimum Gasteiger partial charge on any atom is -0.399 e. The molecular formula is C12H12F3N3. The van der Waals surface area contributed by atoms with Crippen LogP contribution in [-0.4, -0.2) is 16.0 Å². The maximum atomic E-state index is 12.2. The summed E-state index contributed by atoms with van der Waals surface area (Å²) in [4.78, 5) is 0. The van der Waals surface area contributed by atoms with Crippen molar-refractivity contribution in [1.29, 1.82) is 0 Å². The lowest BCUT2D eigenvalue weighted by atomic mass is 10.0. The summed E-state index contributed by atoms with van der Waals surface area (Å²) in [5.74, 6) is 0. The molecule has 0 spiro atoms. The fraction of sp³-hybridized carbons (Fsp3) is 0.250. The van der Waals surface area contributed by atoms with Crippen molar-refractivity contribution in [2.45, 2.75) is 19.6 Å². The second-order valence-electron chi connectivity index (χ2n) is 4.12. The molecule has 1 aromatic heterocycles. The first-order valence-electron chi connectivity index (χ1n) is 5.31. The lowest BCUT2D eigenvalue weighted by molar-refractivity contribution is -0.142. The van der Waals surface area contributed by atoms with Gasteiger partial charge in [-0.2, -0.15) is 18.3 Å². The topological polar surface area (TPSA) is 43.8 Å². The van der Waals surface area contributed by atoms with Crippen LogP contribution in [0.2, 0.25) is 0 Å². The molecule has 0 unspecified atom stereocenters. The van der Waals surface area contributed by atoms with Gasteiger partial charge >= 0.3 is 6.18 Å². The van der Waals surface area contributed by atoms with Gasteiger partial charge in [0.2, 0.25) is 0 Å². The first-order chi connectivity index (χ1) is 8.35. The zero-order valence-corrected chi connectivity index (χ0v) is 9.70. The number of hydrogen-bond donors (Lipinski definition) is 1. The normalized spacial score (nSPS) is 11.8. The molecule has 0 aliphatic rings. The number of rotatable bonds is 2. The van der Waals surface area contributed by atoms with Crippen LogP contribution in [0.15, 0.2) is 30.6 Å². The van der Waals surface area contributed by atoms with Crippen LogP contribution in [0.25, 0.3) is 11.1 Å². The van der Waals surface area contributed by atoms with Crippen LogP contribution in [-0.2, 0) is 6.54 Å². The summed E-state index contributed by atoms with van der Waals surface area (Å²) in [6.07, 6.45) is -1.46. The van der Waals surface area contributed by atoms with E-state index in [0.29, 0.717) is 11.3 Å². The molecule has 2 aromatic rings. The van der Waals surface area contributed by atoms with E-state index in [0.717, 1.165) is 15.8 Å². The maximum absolute atomic E-state index is 12.2. The second kappa shape index (κ2) is 4.36. The van der Waals surface area contributed by atoms with E-state index < -0.39 is 12.7 Å². The van der Waals surface area contributed by atoms with Crippen molar-refractivity contribution >= 4 is 5.69 Å². The molecule has 0 bridgehead atoms. The predicted octanol–water partition coefficient (Wildman–Crippen LogP) is 3.00. The molecule has 0 amide bonds. The van der Waals surface area contributed by atoms with Gasteiger partial charge in [0, 0.05) is 17.4 Å². The molecule has 0 fully saturated rings. The number of nitrogen functional groups attached to an aromatic ring is 1. The van der Waals surface area contributed by atoms with E-state index in [1.807, 2.05) is 6.92 Å². The van der Waals surface area contributed by atoms with E-state index in [-0.39, 0.29) is 0 Å². The number of nitrogens with two attached hydrogens (primary N) is 1. The van der Waals surface area contributed by atoms with Crippen LogP contribution in [0.1, 0.15) is 5.56 Å². The quantitative estimate of drug-likeness (QED) is 0.838. The Balaban J connectivity index is 2.29.